The Morgan fingerprint density at radius 3 is 2.38 bits per heavy atom. The van der Waals surface area contributed by atoms with Crippen LogP contribution >= 0.6 is 0 Å². The quantitative estimate of drug-likeness (QED) is 0.525. The van der Waals surface area contributed by atoms with Crippen molar-refractivity contribution >= 4 is 16.0 Å². The minimum absolute atomic E-state index is 0.157. The summed E-state index contributed by atoms with van der Waals surface area (Å²) in [4.78, 5) is 4.97. The van der Waals surface area contributed by atoms with Crippen molar-refractivity contribution in [3.8, 4) is 0 Å². The van der Waals surface area contributed by atoms with Gasteiger partial charge in [0.05, 0.1) is 12.8 Å². The van der Waals surface area contributed by atoms with E-state index in [0.29, 0.717) is 19.0 Å². The molecular weight excluding hydrogens is 384 g/mol. The van der Waals surface area contributed by atoms with Crippen LogP contribution in [0.3, 0.4) is 0 Å². The van der Waals surface area contributed by atoms with Crippen LogP contribution in [-0.4, -0.2) is 57.7 Å². The van der Waals surface area contributed by atoms with Crippen molar-refractivity contribution in [3.63, 3.8) is 0 Å². The van der Waals surface area contributed by atoms with Crippen LogP contribution in [0.5, 0.6) is 0 Å². The molecule has 29 heavy (non-hydrogen) atoms. The maximum Gasteiger partial charge on any atom is 0.211 e. The molecular formula is C22H36N4O2S. The zero-order chi connectivity index (χ0) is 20.7. The molecule has 0 atom stereocenters. The Hall–Kier alpha value is -1.60. The van der Waals surface area contributed by atoms with E-state index < -0.39 is 10.0 Å². The lowest BCUT2D eigenvalue weighted by atomic mass is 9.79. The fraction of sp³-hybridized carbons (Fsp3) is 0.682. The summed E-state index contributed by atoms with van der Waals surface area (Å²) in [6.45, 7) is 5.80. The van der Waals surface area contributed by atoms with Crippen molar-refractivity contribution in [3.05, 3.63) is 35.9 Å². The summed E-state index contributed by atoms with van der Waals surface area (Å²) in [5, 5.41) is 6.89. The maximum atomic E-state index is 11.7. The Balaban J connectivity index is 1.59. The summed E-state index contributed by atoms with van der Waals surface area (Å²) in [6.07, 6.45) is 8.03. The van der Waals surface area contributed by atoms with E-state index in [1.54, 1.807) is 4.31 Å². The third-order valence-corrected chi connectivity index (χ3v) is 7.73. The van der Waals surface area contributed by atoms with Gasteiger partial charge in [-0.2, -0.15) is 0 Å². The molecule has 1 aromatic rings. The van der Waals surface area contributed by atoms with E-state index in [0.717, 1.165) is 38.4 Å². The number of piperidine rings is 1. The Morgan fingerprint density at radius 2 is 1.79 bits per heavy atom. The number of nitrogens with zero attached hydrogens (tertiary/aromatic N) is 2. The van der Waals surface area contributed by atoms with Gasteiger partial charge in [0.25, 0.3) is 0 Å². The molecule has 0 amide bonds. The SMILES string of the molecule is CCNC(=NCC1(c2ccccc2)CCCC1)NCC1CCN(S(C)(=O)=O)CC1. The van der Waals surface area contributed by atoms with Gasteiger partial charge in [0.1, 0.15) is 0 Å². The maximum absolute atomic E-state index is 11.7. The van der Waals surface area contributed by atoms with Crippen molar-refractivity contribution in [2.24, 2.45) is 10.9 Å². The van der Waals surface area contributed by atoms with E-state index in [-0.39, 0.29) is 5.41 Å². The minimum atomic E-state index is -3.06. The molecule has 0 unspecified atom stereocenters. The number of guanidine groups is 1. The van der Waals surface area contributed by atoms with E-state index >= 15 is 0 Å². The molecule has 1 aliphatic carbocycles. The molecule has 1 saturated carbocycles. The lowest BCUT2D eigenvalue weighted by Crippen LogP contribution is -2.44. The smallest absolute Gasteiger partial charge is 0.211 e. The van der Waals surface area contributed by atoms with E-state index in [9.17, 15) is 8.42 Å². The van der Waals surface area contributed by atoms with Gasteiger partial charge in [0.2, 0.25) is 10.0 Å². The number of nitrogens with one attached hydrogen (secondary N) is 2. The number of rotatable bonds is 7. The van der Waals surface area contributed by atoms with Crippen molar-refractivity contribution in [2.75, 3.05) is 39.0 Å². The second kappa shape index (κ2) is 9.94. The summed E-state index contributed by atoms with van der Waals surface area (Å²) < 4.78 is 25.0. The third kappa shape index (κ3) is 5.95. The van der Waals surface area contributed by atoms with Gasteiger partial charge < -0.3 is 10.6 Å². The van der Waals surface area contributed by atoms with Gasteiger partial charge in [-0.1, -0.05) is 43.2 Å². The topological polar surface area (TPSA) is 73.8 Å². The van der Waals surface area contributed by atoms with Gasteiger partial charge in [-0.05, 0) is 44.1 Å². The summed E-state index contributed by atoms with van der Waals surface area (Å²) in [5.41, 5.74) is 1.56. The average molecular weight is 421 g/mol. The van der Waals surface area contributed by atoms with Gasteiger partial charge in [0.15, 0.2) is 5.96 Å². The predicted molar refractivity (Wildman–Crippen MR) is 120 cm³/mol. The first kappa shape index (κ1) is 22.1. The van der Waals surface area contributed by atoms with Gasteiger partial charge in [-0.15, -0.1) is 0 Å². The third-order valence-electron chi connectivity index (χ3n) is 6.43. The minimum Gasteiger partial charge on any atom is -0.357 e. The van der Waals surface area contributed by atoms with Crippen LogP contribution in [0, 0.1) is 5.92 Å². The van der Waals surface area contributed by atoms with Crippen LogP contribution in [0.1, 0.15) is 51.0 Å². The zero-order valence-corrected chi connectivity index (χ0v) is 18.7. The van der Waals surface area contributed by atoms with E-state index in [1.807, 2.05) is 0 Å². The van der Waals surface area contributed by atoms with Crippen LogP contribution in [-0.2, 0) is 15.4 Å². The molecule has 7 heteroatoms. The Kier molecular flexibility index (Phi) is 7.57. The largest absolute Gasteiger partial charge is 0.357 e. The molecule has 1 aromatic carbocycles. The second-order valence-electron chi connectivity index (χ2n) is 8.53. The van der Waals surface area contributed by atoms with Crippen molar-refractivity contribution < 1.29 is 8.42 Å². The molecule has 0 aromatic heterocycles. The Bertz CT molecular complexity index is 765. The first-order valence-corrected chi connectivity index (χ1v) is 12.8. The molecule has 1 saturated heterocycles. The monoisotopic (exact) mass is 420 g/mol. The standard InChI is InChI=1S/C22H36N4O2S/c1-3-23-21(24-17-19-11-15-26(16-12-19)29(2,27)28)25-18-22(13-7-8-14-22)20-9-5-4-6-10-20/h4-6,9-10,19H,3,7-8,11-18H2,1-2H3,(H2,23,24,25). The molecule has 1 heterocycles. The fourth-order valence-electron chi connectivity index (χ4n) is 4.64. The number of hydrogen-bond acceptors (Lipinski definition) is 3. The highest BCUT2D eigenvalue weighted by Gasteiger charge is 2.35. The molecule has 2 fully saturated rings. The number of sulfonamides is 1. The van der Waals surface area contributed by atoms with Crippen LogP contribution in [0.2, 0.25) is 0 Å². The molecule has 1 aliphatic heterocycles. The summed E-state index contributed by atoms with van der Waals surface area (Å²) in [7, 11) is -3.06. The van der Waals surface area contributed by atoms with Gasteiger partial charge in [-0.25, -0.2) is 12.7 Å². The number of benzene rings is 1. The van der Waals surface area contributed by atoms with E-state index in [4.69, 9.17) is 4.99 Å². The van der Waals surface area contributed by atoms with Gasteiger partial charge in [0, 0.05) is 31.6 Å². The normalized spacial score (nSPS) is 21.2. The Labute approximate surface area is 176 Å². The average Bonchev–Trinajstić information content (AvgIpc) is 3.21. The second-order valence-corrected chi connectivity index (χ2v) is 10.5. The predicted octanol–water partition coefficient (Wildman–Crippen LogP) is 2.73. The van der Waals surface area contributed by atoms with Crippen LogP contribution in [0.25, 0.3) is 0 Å². The molecule has 2 N–H and O–H groups in total. The van der Waals surface area contributed by atoms with Crippen LogP contribution < -0.4 is 10.6 Å². The fourth-order valence-corrected chi connectivity index (χ4v) is 5.51. The lowest BCUT2D eigenvalue weighted by Gasteiger charge is -2.31. The lowest BCUT2D eigenvalue weighted by molar-refractivity contribution is 0.274. The first-order valence-electron chi connectivity index (χ1n) is 11.0. The van der Waals surface area contributed by atoms with E-state index in [2.05, 4.69) is 47.9 Å². The molecule has 2 aliphatic rings. The Morgan fingerprint density at radius 1 is 1.14 bits per heavy atom. The summed E-state index contributed by atoms with van der Waals surface area (Å²) >= 11 is 0. The van der Waals surface area contributed by atoms with Crippen LogP contribution in [0.4, 0.5) is 0 Å². The highest BCUT2D eigenvalue weighted by atomic mass is 32.2. The van der Waals surface area contributed by atoms with E-state index in [1.165, 1.54) is 37.5 Å². The highest BCUT2D eigenvalue weighted by Crippen LogP contribution is 2.41. The number of aliphatic imine (C=N–C) groups is 1. The summed E-state index contributed by atoms with van der Waals surface area (Å²) in [5.74, 6) is 1.35. The molecule has 0 radical (unpaired) electrons. The van der Waals surface area contributed by atoms with Crippen molar-refractivity contribution in [1.29, 1.82) is 0 Å². The van der Waals surface area contributed by atoms with Gasteiger partial charge >= 0.3 is 0 Å². The molecule has 0 bridgehead atoms. The molecule has 6 nitrogen and oxygen atoms in total. The molecule has 0 spiro atoms. The van der Waals surface area contributed by atoms with Crippen LogP contribution in [0.15, 0.2) is 35.3 Å². The number of hydrogen-bond donors (Lipinski definition) is 2. The zero-order valence-electron chi connectivity index (χ0n) is 17.9. The van der Waals surface area contributed by atoms with Crippen molar-refractivity contribution in [1.82, 2.24) is 14.9 Å². The first-order chi connectivity index (χ1) is 13.9. The highest BCUT2D eigenvalue weighted by molar-refractivity contribution is 7.88. The summed E-state index contributed by atoms with van der Waals surface area (Å²) in [6, 6.07) is 10.8. The van der Waals surface area contributed by atoms with Gasteiger partial charge in [-0.3, -0.25) is 4.99 Å². The molecule has 3 rings (SSSR count). The molecule has 162 valence electrons. The van der Waals surface area contributed by atoms with Crippen molar-refractivity contribution in [2.45, 2.75) is 50.9 Å².